The summed E-state index contributed by atoms with van der Waals surface area (Å²) in [7, 11) is -3.67. The van der Waals surface area contributed by atoms with E-state index in [-0.39, 0.29) is 28.9 Å². The van der Waals surface area contributed by atoms with Crippen molar-refractivity contribution in [2.75, 3.05) is 6.54 Å². The number of aryl methyl sites for hydroxylation is 2. The number of hydrogen-bond acceptors (Lipinski definition) is 3. The minimum absolute atomic E-state index is 0.00938. The molecule has 0 unspecified atom stereocenters. The van der Waals surface area contributed by atoms with Gasteiger partial charge in [-0.05, 0) is 43.4 Å². The Morgan fingerprint density at radius 1 is 1.25 bits per heavy atom. The van der Waals surface area contributed by atoms with Gasteiger partial charge in [-0.1, -0.05) is 30.7 Å². The highest BCUT2D eigenvalue weighted by atomic mass is 35.5. The van der Waals surface area contributed by atoms with Gasteiger partial charge in [0, 0.05) is 19.0 Å². The summed E-state index contributed by atoms with van der Waals surface area (Å²) in [6.45, 7) is 2.21. The van der Waals surface area contributed by atoms with Gasteiger partial charge in [-0.25, -0.2) is 13.1 Å². The fourth-order valence-corrected chi connectivity index (χ4v) is 4.45. The number of alkyl halides is 3. The molecule has 0 aliphatic heterocycles. The van der Waals surface area contributed by atoms with Crippen LogP contribution in [0.1, 0.15) is 49.1 Å². The molecule has 1 saturated carbocycles. The molecule has 28 heavy (non-hydrogen) atoms. The van der Waals surface area contributed by atoms with Crippen molar-refractivity contribution in [3.8, 4) is 0 Å². The Balaban J connectivity index is 1.63. The van der Waals surface area contributed by atoms with Crippen LogP contribution in [0, 0.1) is 0 Å². The van der Waals surface area contributed by atoms with Gasteiger partial charge in [0.25, 0.3) is 0 Å². The Morgan fingerprint density at radius 3 is 2.43 bits per heavy atom. The van der Waals surface area contributed by atoms with Crippen LogP contribution in [0.15, 0.2) is 29.2 Å². The van der Waals surface area contributed by atoms with E-state index >= 15 is 0 Å². The van der Waals surface area contributed by atoms with Crippen LogP contribution in [0.25, 0.3) is 0 Å². The summed E-state index contributed by atoms with van der Waals surface area (Å²) in [5, 5.41) is 3.29. The van der Waals surface area contributed by atoms with E-state index in [0.29, 0.717) is 12.1 Å². The normalized spacial score (nSPS) is 15.2. The Bertz CT molecular complexity index is 936. The summed E-state index contributed by atoms with van der Waals surface area (Å²) in [6, 6.07) is 6.58. The molecule has 3 rings (SSSR count). The van der Waals surface area contributed by atoms with Crippen molar-refractivity contribution in [2.24, 2.45) is 0 Å². The Labute approximate surface area is 166 Å². The van der Waals surface area contributed by atoms with Crippen LogP contribution >= 0.6 is 11.6 Å². The summed E-state index contributed by atoms with van der Waals surface area (Å²) in [5.74, 6) is -0.00938. The molecule has 0 atom stereocenters. The van der Waals surface area contributed by atoms with Crippen molar-refractivity contribution in [2.45, 2.75) is 56.1 Å². The minimum atomic E-state index is -4.61. The molecule has 1 fully saturated rings. The molecule has 10 heteroatoms. The first-order valence-corrected chi connectivity index (χ1v) is 10.9. The van der Waals surface area contributed by atoms with Crippen molar-refractivity contribution >= 4 is 21.6 Å². The molecule has 5 nitrogen and oxygen atoms in total. The van der Waals surface area contributed by atoms with Crippen LogP contribution < -0.4 is 4.72 Å². The van der Waals surface area contributed by atoms with Gasteiger partial charge in [-0.15, -0.1) is 0 Å². The summed E-state index contributed by atoms with van der Waals surface area (Å²) in [4.78, 5) is 0.157. The van der Waals surface area contributed by atoms with Crippen molar-refractivity contribution in [3.63, 3.8) is 0 Å². The smallest absolute Gasteiger partial charge is 0.267 e. The summed E-state index contributed by atoms with van der Waals surface area (Å²) in [6.07, 6.45) is -1.95. The van der Waals surface area contributed by atoms with E-state index in [2.05, 4.69) is 9.82 Å². The van der Waals surface area contributed by atoms with Gasteiger partial charge in [-0.3, -0.25) is 4.68 Å². The van der Waals surface area contributed by atoms with E-state index < -0.39 is 21.9 Å². The number of nitrogens with one attached hydrogen (secondary N) is 1. The van der Waals surface area contributed by atoms with E-state index in [4.69, 9.17) is 11.6 Å². The SMILES string of the molecule is CCc1ccc(S(=O)(=O)NCCCn2nc(C(F)(F)F)c(Cl)c2C2CC2)cc1. The average molecular weight is 436 g/mol. The molecule has 1 aromatic carbocycles. The third kappa shape index (κ3) is 4.69. The predicted molar refractivity (Wildman–Crippen MR) is 99.8 cm³/mol. The first-order valence-electron chi connectivity index (χ1n) is 9.05. The monoisotopic (exact) mass is 435 g/mol. The second kappa shape index (κ2) is 8.04. The van der Waals surface area contributed by atoms with Gasteiger partial charge in [0.15, 0.2) is 5.69 Å². The first-order chi connectivity index (χ1) is 13.1. The van der Waals surface area contributed by atoms with Crippen LogP contribution in [-0.2, 0) is 29.2 Å². The molecule has 1 heterocycles. The number of benzene rings is 1. The second-order valence-corrected chi connectivity index (χ2v) is 8.94. The molecule has 2 aromatic rings. The zero-order valence-electron chi connectivity index (χ0n) is 15.3. The van der Waals surface area contributed by atoms with E-state index in [1.807, 2.05) is 6.92 Å². The summed E-state index contributed by atoms with van der Waals surface area (Å²) < 4.78 is 67.6. The van der Waals surface area contributed by atoms with Crippen molar-refractivity contribution in [1.82, 2.24) is 14.5 Å². The number of sulfonamides is 1. The zero-order valence-corrected chi connectivity index (χ0v) is 16.8. The minimum Gasteiger partial charge on any atom is -0.267 e. The molecule has 1 aliphatic carbocycles. The molecule has 1 N–H and O–H groups in total. The van der Waals surface area contributed by atoms with Crippen LogP contribution in [0.4, 0.5) is 13.2 Å². The lowest BCUT2D eigenvalue weighted by molar-refractivity contribution is -0.141. The molecule has 0 radical (unpaired) electrons. The maximum atomic E-state index is 13.1. The van der Waals surface area contributed by atoms with Crippen LogP contribution in [0.2, 0.25) is 5.02 Å². The Morgan fingerprint density at radius 2 is 1.89 bits per heavy atom. The highest BCUT2D eigenvalue weighted by molar-refractivity contribution is 7.89. The van der Waals surface area contributed by atoms with Gasteiger partial charge in [-0.2, -0.15) is 18.3 Å². The largest absolute Gasteiger partial charge is 0.436 e. The fraction of sp³-hybridized carbons (Fsp3) is 0.500. The van der Waals surface area contributed by atoms with Gasteiger partial charge in [0.2, 0.25) is 10.0 Å². The standard InChI is InChI=1S/C18H21ClF3N3O2S/c1-2-12-4-8-14(9-5-12)28(26,27)23-10-3-11-25-16(13-6-7-13)15(19)17(24-25)18(20,21)22/h4-5,8-9,13,23H,2-3,6-7,10-11H2,1H3. The molecule has 0 spiro atoms. The van der Waals surface area contributed by atoms with Gasteiger partial charge >= 0.3 is 6.18 Å². The van der Waals surface area contributed by atoms with Crippen LogP contribution in [0.3, 0.4) is 0 Å². The summed E-state index contributed by atoms with van der Waals surface area (Å²) in [5.41, 5.74) is 0.349. The molecule has 1 aliphatic rings. The number of rotatable bonds is 8. The molecule has 154 valence electrons. The fourth-order valence-electron chi connectivity index (χ4n) is 2.97. The molecule has 0 bridgehead atoms. The lowest BCUT2D eigenvalue weighted by Crippen LogP contribution is -2.26. The number of hydrogen-bond donors (Lipinski definition) is 1. The topological polar surface area (TPSA) is 64.0 Å². The highest BCUT2D eigenvalue weighted by Crippen LogP contribution is 2.46. The quantitative estimate of drug-likeness (QED) is 0.626. The Kier molecular flexibility index (Phi) is 6.07. The Hall–Kier alpha value is -1.58. The van der Waals surface area contributed by atoms with Gasteiger partial charge in [0.05, 0.1) is 15.6 Å². The van der Waals surface area contributed by atoms with Crippen molar-refractivity contribution in [3.05, 3.63) is 46.2 Å². The third-order valence-electron chi connectivity index (χ3n) is 4.64. The van der Waals surface area contributed by atoms with E-state index in [1.54, 1.807) is 12.1 Å². The number of halogens is 4. The molecule has 1 aromatic heterocycles. The van der Waals surface area contributed by atoms with E-state index in [0.717, 1.165) is 24.8 Å². The molecular weight excluding hydrogens is 415 g/mol. The lowest BCUT2D eigenvalue weighted by atomic mass is 10.2. The molecular formula is C18H21ClF3N3O2S. The second-order valence-electron chi connectivity index (χ2n) is 6.79. The van der Waals surface area contributed by atoms with Crippen molar-refractivity contribution in [1.29, 1.82) is 0 Å². The van der Waals surface area contributed by atoms with Gasteiger partial charge in [0.1, 0.15) is 0 Å². The van der Waals surface area contributed by atoms with Gasteiger partial charge < -0.3 is 0 Å². The van der Waals surface area contributed by atoms with E-state index in [9.17, 15) is 21.6 Å². The highest BCUT2D eigenvalue weighted by Gasteiger charge is 2.41. The van der Waals surface area contributed by atoms with Crippen LogP contribution in [-0.4, -0.2) is 24.7 Å². The lowest BCUT2D eigenvalue weighted by Gasteiger charge is -2.09. The van der Waals surface area contributed by atoms with Crippen LogP contribution in [0.5, 0.6) is 0 Å². The first kappa shape index (κ1) is 21.1. The third-order valence-corrected chi connectivity index (χ3v) is 6.49. The summed E-state index contributed by atoms with van der Waals surface area (Å²) >= 11 is 5.92. The average Bonchev–Trinajstić information content (AvgIpc) is 3.41. The predicted octanol–water partition coefficient (Wildman–Crippen LogP) is 4.36. The molecule has 0 amide bonds. The number of aromatic nitrogens is 2. The maximum Gasteiger partial charge on any atom is 0.436 e. The van der Waals surface area contributed by atoms with E-state index in [1.165, 1.54) is 16.8 Å². The molecule has 0 saturated heterocycles. The zero-order chi connectivity index (χ0) is 20.5. The number of nitrogens with zero attached hydrogens (tertiary/aromatic N) is 2. The van der Waals surface area contributed by atoms with Crippen molar-refractivity contribution < 1.29 is 21.6 Å². The maximum absolute atomic E-state index is 13.1.